The lowest BCUT2D eigenvalue weighted by atomic mass is 10.00. The molecule has 0 unspecified atom stereocenters. The number of cyclic esters (lactones) is 1. The van der Waals surface area contributed by atoms with E-state index in [0.717, 1.165) is 29.5 Å². The molecule has 3 aromatic carbocycles. The van der Waals surface area contributed by atoms with E-state index in [1.807, 2.05) is 67.6 Å². The first-order valence-electron chi connectivity index (χ1n) is 12.7. The van der Waals surface area contributed by atoms with Crippen LogP contribution >= 0.6 is 0 Å². The molecule has 2 fully saturated rings. The summed E-state index contributed by atoms with van der Waals surface area (Å²) in [7, 11) is 0. The molecule has 1 heterocycles. The number of benzene rings is 3. The van der Waals surface area contributed by atoms with Gasteiger partial charge >= 0.3 is 6.09 Å². The lowest BCUT2D eigenvalue weighted by molar-refractivity contribution is -0.126. The van der Waals surface area contributed by atoms with E-state index in [9.17, 15) is 14.4 Å². The summed E-state index contributed by atoms with van der Waals surface area (Å²) in [6, 6.07) is 23.8. The van der Waals surface area contributed by atoms with Crippen molar-refractivity contribution in [1.29, 1.82) is 0 Å². The van der Waals surface area contributed by atoms with Crippen LogP contribution in [0.4, 0.5) is 10.5 Å². The average Bonchev–Trinajstić information content (AvgIpc) is 3.67. The quantitative estimate of drug-likeness (QED) is 0.446. The van der Waals surface area contributed by atoms with Gasteiger partial charge in [0.1, 0.15) is 0 Å². The van der Waals surface area contributed by atoms with E-state index in [1.165, 1.54) is 4.90 Å². The van der Waals surface area contributed by atoms with E-state index in [4.69, 9.17) is 4.74 Å². The molecule has 7 heteroatoms. The van der Waals surface area contributed by atoms with E-state index in [-0.39, 0.29) is 24.8 Å². The summed E-state index contributed by atoms with van der Waals surface area (Å²) < 4.78 is 5.78. The molecule has 3 aromatic rings. The fraction of sp³-hybridized carbons (Fsp3) is 0.300. The summed E-state index contributed by atoms with van der Waals surface area (Å²) in [5.41, 5.74) is 4.20. The molecule has 2 aliphatic rings. The third-order valence-electron chi connectivity index (χ3n) is 6.80. The van der Waals surface area contributed by atoms with Crippen molar-refractivity contribution in [2.75, 3.05) is 11.9 Å². The van der Waals surface area contributed by atoms with Gasteiger partial charge in [0.05, 0.1) is 13.0 Å². The number of carbonyl (C=O) groups excluding carboxylic acids is 3. The lowest BCUT2D eigenvalue weighted by Gasteiger charge is -2.24. The van der Waals surface area contributed by atoms with Crippen molar-refractivity contribution in [3.05, 3.63) is 101 Å². The molecule has 37 heavy (non-hydrogen) atoms. The molecule has 0 radical (unpaired) electrons. The number of rotatable bonds is 9. The van der Waals surface area contributed by atoms with Crippen LogP contribution in [0.15, 0.2) is 78.9 Å². The monoisotopic (exact) mass is 497 g/mol. The maximum Gasteiger partial charge on any atom is 0.411 e. The number of nitrogens with zero attached hydrogens (tertiary/aromatic N) is 1. The first-order chi connectivity index (χ1) is 18.0. The summed E-state index contributed by atoms with van der Waals surface area (Å²) >= 11 is 0. The molecular formula is C30H31N3O4. The number of hydrogen-bond acceptors (Lipinski definition) is 4. The maximum atomic E-state index is 13.4. The molecule has 0 bridgehead atoms. The minimum atomic E-state index is -0.817. The largest absolute Gasteiger partial charge is 0.438 e. The summed E-state index contributed by atoms with van der Waals surface area (Å²) in [4.78, 5) is 40.5. The number of aryl methyl sites for hydroxylation is 1. The van der Waals surface area contributed by atoms with E-state index < -0.39 is 18.2 Å². The molecule has 0 spiro atoms. The highest BCUT2D eigenvalue weighted by molar-refractivity contribution is 5.92. The van der Waals surface area contributed by atoms with Crippen molar-refractivity contribution in [2.45, 2.75) is 44.9 Å². The number of nitrogens with one attached hydrogen (secondary N) is 2. The predicted octanol–water partition coefficient (Wildman–Crippen LogP) is 4.76. The standard InChI is InChI=1S/C30H31N3O4/c1-20-10-12-23(13-11-20)19-33-27(29(35)31-18-22-14-15-22)28(37-30(33)36)24-8-5-9-25(17-24)32-26(34)16-21-6-3-2-4-7-21/h2-13,17,22,27-28H,14-16,18-19H2,1H3,(H,31,35)(H,32,34)/t27-,28-/m1/s1. The number of ether oxygens (including phenoxy) is 1. The molecule has 1 aliphatic carbocycles. The van der Waals surface area contributed by atoms with Crippen molar-refractivity contribution in [1.82, 2.24) is 10.2 Å². The van der Waals surface area contributed by atoms with Crippen LogP contribution in [-0.2, 0) is 27.3 Å². The van der Waals surface area contributed by atoms with Gasteiger partial charge in [-0.2, -0.15) is 0 Å². The smallest absolute Gasteiger partial charge is 0.411 e. The average molecular weight is 498 g/mol. The Kier molecular flexibility index (Phi) is 7.21. The number of hydrogen-bond donors (Lipinski definition) is 2. The summed E-state index contributed by atoms with van der Waals surface area (Å²) in [6.45, 7) is 2.87. The van der Waals surface area contributed by atoms with Crippen molar-refractivity contribution in [2.24, 2.45) is 5.92 Å². The second kappa shape index (κ2) is 10.9. The van der Waals surface area contributed by atoms with Crippen molar-refractivity contribution in [3.63, 3.8) is 0 Å². The van der Waals surface area contributed by atoms with Crippen molar-refractivity contribution < 1.29 is 19.1 Å². The molecule has 1 aliphatic heterocycles. The molecule has 1 saturated heterocycles. The minimum Gasteiger partial charge on any atom is -0.438 e. The van der Waals surface area contributed by atoms with E-state index >= 15 is 0 Å². The first-order valence-corrected chi connectivity index (χ1v) is 12.7. The maximum absolute atomic E-state index is 13.4. The Balaban J connectivity index is 1.35. The number of anilines is 1. The fourth-order valence-corrected chi connectivity index (χ4v) is 4.55. The third-order valence-corrected chi connectivity index (χ3v) is 6.80. The van der Waals surface area contributed by atoms with E-state index in [2.05, 4.69) is 10.6 Å². The number of carbonyl (C=O) groups is 3. The van der Waals surface area contributed by atoms with Crippen LogP contribution in [0, 0.1) is 12.8 Å². The molecule has 7 nitrogen and oxygen atoms in total. The van der Waals surface area contributed by atoms with Crippen LogP contribution in [0.5, 0.6) is 0 Å². The van der Waals surface area contributed by atoms with Crippen molar-refractivity contribution in [3.8, 4) is 0 Å². The number of amides is 3. The van der Waals surface area contributed by atoms with E-state index in [0.29, 0.717) is 23.7 Å². The highest BCUT2D eigenvalue weighted by Gasteiger charge is 2.47. The highest BCUT2D eigenvalue weighted by Crippen LogP contribution is 2.35. The van der Waals surface area contributed by atoms with Gasteiger partial charge in [-0.15, -0.1) is 0 Å². The van der Waals surface area contributed by atoms with Crippen LogP contribution in [0.1, 0.15) is 41.2 Å². The van der Waals surface area contributed by atoms with Gasteiger partial charge in [-0.3, -0.25) is 14.5 Å². The molecule has 1 saturated carbocycles. The Hall–Kier alpha value is -4.13. The van der Waals surface area contributed by atoms with Crippen molar-refractivity contribution >= 4 is 23.6 Å². The van der Waals surface area contributed by atoms with Crippen LogP contribution in [-0.4, -0.2) is 35.4 Å². The Morgan fingerprint density at radius 3 is 2.43 bits per heavy atom. The van der Waals surface area contributed by atoms with Gasteiger partial charge in [0.15, 0.2) is 12.1 Å². The van der Waals surface area contributed by atoms with Crippen LogP contribution in [0.2, 0.25) is 0 Å². The zero-order chi connectivity index (χ0) is 25.8. The summed E-state index contributed by atoms with van der Waals surface area (Å²) in [5, 5.41) is 5.94. The zero-order valence-electron chi connectivity index (χ0n) is 20.9. The van der Waals surface area contributed by atoms with Gasteiger partial charge < -0.3 is 15.4 Å². The third kappa shape index (κ3) is 6.17. The summed E-state index contributed by atoms with van der Waals surface area (Å²) in [5.74, 6) is 0.133. The van der Waals surface area contributed by atoms with Crippen LogP contribution < -0.4 is 10.6 Å². The topological polar surface area (TPSA) is 87.7 Å². The Morgan fingerprint density at radius 2 is 1.70 bits per heavy atom. The zero-order valence-corrected chi connectivity index (χ0v) is 20.9. The Morgan fingerprint density at radius 1 is 0.946 bits per heavy atom. The molecular weight excluding hydrogens is 466 g/mol. The van der Waals surface area contributed by atoms with Gasteiger partial charge in [-0.05, 0) is 54.5 Å². The van der Waals surface area contributed by atoms with Gasteiger partial charge in [0, 0.05) is 12.2 Å². The molecule has 0 aromatic heterocycles. The van der Waals surface area contributed by atoms with Crippen LogP contribution in [0.3, 0.4) is 0 Å². The van der Waals surface area contributed by atoms with Gasteiger partial charge in [0.25, 0.3) is 0 Å². The molecule has 2 atom stereocenters. The highest BCUT2D eigenvalue weighted by atomic mass is 16.6. The van der Waals surface area contributed by atoms with Gasteiger partial charge in [0.2, 0.25) is 11.8 Å². The SMILES string of the molecule is Cc1ccc(CN2C(=O)O[C@H](c3cccc(NC(=O)Cc4ccccc4)c3)[C@@H]2C(=O)NCC2CC2)cc1. The normalized spacial score (nSPS) is 18.8. The Labute approximate surface area is 216 Å². The fourth-order valence-electron chi connectivity index (χ4n) is 4.55. The minimum absolute atomic E-state index is 0.147. The molecule has 3 amide bonds. The van der Waals surface area contributed by atoms with Gasteiger partial charge in [-0.1, -0.05) is 72.3 Å². The molecule has 5 rings (SSSR count). The second-order valence-electron chi connectivity index (χ2n) is 9.89. The second-order valence-corrected chi connectivity index (χ2v) is 9.89. The van der Waals surface area contributed by atoms with Crippen LogP contribution in [0.25, 0.3) is 0 Å². The Bertz CT molecular complexity index is 1270. The molecule has 2 N–H and O–H groups in total. The summed E-state index contributed by atoms with van der Waals surface area (Å²) in [6.07, 6.45) is 1.15. The first kappa shape index (κ1) is 24.6. The predicted molar refractivity (Wildman–Crippen MR) is 141 cm³/mol. The lowest BCUT2D eigenvalue weighted by Crippen LogP contribution is -2.46. The molecule has 190 valence electrons. The van der Waals surface area contributed by atoms with E-state index in [1.54, 1.807) is 18.2 Å². The van der Waals surface area contributed by atoms with Gasteiger partial charge in [-0.25, -0.2) is 4.79 Å².